The number of nitrogens with two attached hydrogens (primary N) is 2. The van der Waals surface area contributed by atoms with Gasteiger partial charge in [-0.15, -0.1) is 0 Å². The fraction of sp³-hybridized carbons (Fsp3) is 0.450. The zero-order valence-corrected chi connectivity index (χ0v) is 36.5. The normalized spacial score (nSPS) is 25.4. The first kappa shape index (κ1) is 53.7. The molecule has 380 valence electrons. The van der Waals surface area contributed by atoms with Crippen molar-refractivity contribution in [2.75, 3.05) is 0 Å². The van der Waals surface area contributed by atoms with E-state index < -0.39 is 138 Å². The van der Waals surface area contributed by atoms with Crippen LogP contribution in [-0.2, 0) is 28.7 Å². The third-order valence-corrected chi connectivity index (χ3v) is 11.5. The number of aliphatic carboxylic acids is 2. The van der Waals surface area contributed by atoms with Gasteiger partial charge in [0.25, 0.3) is 5.56 Å². The van der Waals surface area contributed by atoms with Crippen molar-refractivity contribution in [2.45, 2.75) is 99.3 Å². The Hall–Kier alpha value is -7.26. The molecule has 2 aliphatic heterocycles. The molecule has 16 atom stereocenters. The van der Waals surface area contributed by atoms with Gasteiger partial charge in [-0.1, -0.05) is 13.8 Å². The molecule has 0 aliphatic carbocycles. The highest BCUT2D eigenvalue weighted by molar-refractivity contribution is 5.88. The molecule has 2 amide bonds. The van der Waals surface area contributed by atoms with Crippen molar-refractivity contribution >= 4 is 30.0 Å². The van der Waals surface area contributed by atoms with Gasteiger partial charge in [0.15, 0.2) is 30.8 Å². The largest absolute Gasteiger partial charge is 0.506 e. The van der Waals surface area contributed by atoms with E-state index in [9.17, 15) is 89.4 Å². The Morgan fingerprint density at radius 1 is 0.686 bits per heavy atom. The van der Waals surface area contributed by atoms with Crippen molar-refractivity contribution in [1.29, 1.82) is 0 Å². The van der Waals surface area contributed by atoms with Crippen LogP contribution in [0.3, 0.4) is 0 Å². The highest BCUT2D eigenvalue weighted by atomic mass is 16.6. The zero-order chi connectivity index (χ0) is 52.0. The number of aromatic amines is 2. The predicted octanol–water partition coefficient (Wildman–Crippen LogP) is -6.50. The maximum atomic E-state index is 12.7. The third-order valence-electron chi connectivity index (χ3n) is 11.5. The molecule has 4 aromatic rings. The summed E-state index contributed by atoms with van der Waals surface area (Å²) in [6.07, 6.45) is -11.9. The molecule has 30 nitrogen and oxygen atoms in total. The monoisotopic (exact) mass is 990 g/mol. The minimum Gasteiger partial charge on any atom is -0.506 e. The average Bonchev–Trinajstić information content (AvgIpc) is 3.95. The topological polar surface area (TPSA) is 501 Å². The number of imidazole rings is 1. The molecule has 4 aromatic heterocycles. The van der Waals surface area contributed by atoms with E-state index in [1.807, 2.05) is 4.98 Å². The van der Waals surface area contributed by atoms with E-state index in [1.165, 1.54) is 38.1 Å². The van der Waals surface area contributed by atoms with Gasteiger partial charge < -0.3 is 87.6 Å². The lowest BCUT2D eigenvalue weighted by Gasteiger charge is -2.28. The summed E-state index contributed by atoms with van der Waals surface area (Å²) in [4.78, 5) is 107. The second-order valence-corrected chi connectivity index (χ2v) is 16.2. The molecule has 0 saturated carbocycles. The fourth-order valence-corrected chi connectivity index (χ4v) is 7.31. The maximum Gasteiger partial charge on any atom is 0.330 e. The molecule has 0 unspecified atom stereocenters. The zero-order valence-electron chi connectivity index (χ0n) is 36.5. The number of aldehydes is 1. The number of carbonyl (C=O) groups excluding carboxylic acids is 3. The maximum absolute atomic E-state index is 12.7. The molecule has 70 heavy (non-hydrogen) atoms. The molecule has 0 bridgehead atoms. The first-order valence-electron chi connectivity index (χ1n) is 20.7. The van der Waals surface area contributed by atoms with E-state index >= 15 is 0 Å². The van der Waals surface area contributed by atoms with E-state index in [2.05, 4.69) is 25.6 Å². The summed E-state index contributed by atoms with van der Waals surface area (Å²) in [7, 11) is 0. The number of nitrogens with zero attached hydrogens (tertiary/aromatic N) is 4. The fourth-order valence-electron chi connectivity index (χ4n) is 7.31. The lowest BCUT2D eigenvalue weighted by molar-refractivity contribution is -0.150. The number of aliphatic hydroxyl groups is 6. The van der Waals surface area contributed by atoms with Gasteiger partial charge in [0.1, 0.15) is 60.3 Å². The minimum atomic E-state index is -1.90. The summed E-state index contributed by atoms with van der Waals surface area (Å²) < 4.78 is 12.3. The van der Waals surface area contributed by atoms with E-state index in [0.29, 0.717) is 6.29 Å². The molecule has 0 aromatic carbocycles. The standard InChI is InChI=1S/2C20H25N5O10/c1-7(13(28)10-3-2-9(27)4-22-10)11(21)17(31)24-12(19(32)33)16-14(29)15(30)18(35-16)25-5-8(6-26)23-20(25)34;1-7(13(28)9-3-2-8(26)6-22-9)11(21)17(31)24-12(19(32)33)16-14(29)15(30)18(35-16)25-5-4-10(27)23-20(25)34/h2-7,11-16,18,27-30H,21H2,1H3,(H,23,34)(H,24,31)(H,32,33);2-7,11-16,18,26,28-30H,21H2,1H3,(H,24,31)(H,32,33)(H,23,27,34)/t7-,11-,12-,13-,14-,15+,16+,18-;7-,11-,12-,13-,14-,15+,16+,18+/m00/s1. The number of carboxylic acids is 2. The molecule has 6 rings (SSSR count). The van der Waals surface area contributed by atoms with Crippen LogP contribution in [0, 0.1) is 11.8 Å². The number of aromatic nitrogens is 6. The molecule has 0 radical (unpaired) electrons. The van der Waals surface area contributed by atoms with E-state index in [-0.39, 0.29) is 28.6 Å². The Labute approximate surface area is 391 Å². The van der Waals surface area contributed by atoms with Crippen molar-refractivity contribution in [1.82, 2.24) is 39.7 Å². The van der Waals surface area contributed by atoms with Crippen molar-refractivity contribution in [2.24, 2.45) is 23.3 Å². The molecule has 0 spiro atoms. The number of hydrogen-bond acceptors (Lipinski definition) is 22. The molecule has 6 heterocycles. The number of aromatic hydroxyl groups is 2. The number of H-pyrrole nitrogens is 2. The SMILES string of the molecule is C[C@@H]([C@H](N)C(=O)N[C@H](C(=O)O)[C@H]1O[C@@H](n2ccc(=O)[nH]c2=O)[C@H](O)[C@@H]1O)[C@H](O)c1ccc(O)cn1.C[C@@H]([C@H](N)C(=O)N[C@H](C(=O)O)[C@H]1O[C@H](n2cc(C=O)[nH]c2=O)[C@H](O)[C@@H]1O)[C@H](O)c1ccc(O)cn1. The Morgan fingerprint density at radius 2 is 1.10 bits per heavy atom. The summed E-state index contributed by atoms with van der Waals surface area (Å²) in [6, 6.07) is -0.529. The summed E-state index contributed by atoms with van der Waals surface area (Å²) >= 11 is 0. The van der Waals surface area contributed by atoms with Crippen molar-refractivity contribution in [3.05, 3.63) is 104 Å². The van der Waals surface area contributed by atoms with Gasteiger partial charge in [-0.3, -0.25) is 43.3 Å². The Balaban J connectivity index is 0.000000261. The molecule has 2 aliphatic rings. The number of pyridine rings is 2. The third kappa shape index (κ3) is 11.8. The van der Waals surface area contributed by atoms with Crippen molar-refractivity contribution < 1.29 is 84.5 Å². The Bertz CT molecular complexity index is 2680. The molecule has 30 heteroatoms. The van der Waals surface area contributed by atoms with Crippen LogP contribution >= 0.6 is 0 Å². The number of rotatable bonds is 17. The number of amides is 2. The Kier molecular flexibility index (Phi) is 17.2. The average molecular weight is 991 g/mol. The lowest BCUT2D eigenvalue weighted by atomic mass is 9.92. The summed E-state index contributed by atoms with van der Waals surface area (Å²) in [5.41, 5.74) is 9.36. The minimum absolute atomic E-state index is 0.111. The summed E-state index contributed by atoms with van der Waals surface area (Å²) in [6.45, 7) is 2.84. The molecule has 2 saturated heterocycles. The highest BCUT2D eigenvalue weighted by Crippen LogP contribution is 2.33. The molecule has 18 N–H and O–H groups in total. The molecule has 2 fully saturated rings. The van der Waals surface area contributed by atoms with Gasteiger partial charge in [-0.2, -0.15) is 0 Å². The van der Waals surface area contributed by atoms with E-state index in [4.69, 9.17) is 20.9 Å². The van der Waals surface area contributed by atoms with Gasteiger partial charge in [0.2, 0.25) is 11.8 Å². The van der Waals surface area contributed by atoms with Gasteiger partial charge in [0.05, 0.1) is 41.6 Å². The van der Waals surface area contributed by atoms with Crippen LogP contribution < -0.4 is 39.0 Å². The van der Waals surface area contributed by atoms with Gasteiger partial charge in [-0.05, 0) is 24.3 Å². The van der Waals surface area contributed by atoms with Crippen LogP contribution in [0.15, 0.2) is 69.5 Å². The van der Waals surface area contributed by atoms with Gasteiger partial charge >= 0.3 is 23.3 Å². The second-order valence-electron chi connectivity index (χ2n) is 16.2. The van der Waals surface area contributed by atoms with Crippen molar-refractivity contribution in [3.63, 3.8) is 0 Å². The van der Waals surface area contributed by atoms with Crippen LogP contribution in [0.5, 0.6) is 11.5 Å². The quantitative estimate of drug-likeness (QED) is 0.0437. The lowest BCUT2D eigenvalue weighted by Crippen LogP contribution is -2.57. The first-order chi connectivity index (χ1) is 32.9. The highest BCUT2D eigenvalue weighted by Gasteiger charge is 2.52. The Morgan fingerprint density at radius 3 is 1.46 bits per heavy atom. The van der Waals surface area contributed by atoms with Crippen LogP contribution in [0.4, 0.5) is 0 Å². The summed E-state index contributed by atoms with van der Waals surface area (Å²) in [5, 5.41) is 105. The van der Waals surface area contributed by atoms with Crippen LogP contribution in [0.25, 0.3) is 0 Å². The predicted molar refractivity (Wildman–Crippen MR) is 229 cm³/mol. The summed E-state index contributed by atoms with van der Waals surface area (Å²) in [5.74, 6) is -7.50. The number of ether oxygens (including phenoxy) is 2. The van der Waals surface area contributed by atoms with E-state index in [0.717, 1.165) is 40.0 Å². The van der Waals surface area contributed by atoms with Crippen molar-refractivity contribution in [3.8, 4) is 11.5 Å². The smallest absolute Gasteiger partial charge is 0.330 e. The van der Waals surface area contributed by atoms with Crippen LogP contribution in [0.2, 0.25) is 0 Å². The second kappa shape index (κ2) is 22.4. The number of carbonyl (C=O) groups is 5. The number of hydrogen-bond donors (Lipinski definition) is 16. The number of aliphatic hydroxyl groups excluding tert-OH is 6. The number of nitrogens with one attached hydrogen (secondary N) is 4. The molecular weight excluding hydrogens is 940 g/mol. The van der Waals surface area contributed by atoms with Gasteiger partial charge in [-0.25, -0.2) is 19.2 Å². The van der Waals surface area contributed by atoms with Crippen LogP contribution in [0.1, 0.15) is 60.4 Å². The van der Waals surface area contributed by atoms with E-state index in [1.54, 1.807) is 0 Å². The van der Waals surface area contributed by atoms with Gasteiger partial charge in [0, 0.05) is 30.3 Å². The van der Waals surface area contributed by atoms with Crippen LogP contribution in [-0.4, -0.2) is 171 Å². The molecular formula is C40H50N10O20. The first-order valence-corrected chi connectivity index (χ1v) is 20.7. The number of carboxylic acid groups (broad SMARTS) is 2.